The summed E-state index contributed by atoms with van der Waals surface area (Å²) >= 11 is 6.38. The molecule has 0 unspecified atom stereocenters. The summed E-state index contributed by atoms with van der Waals surface area (Å²) in [5.74, 6) is 0.630. The molecule has 2 saturated heterocycles. The van der Waals surface area contributed by atoms with E-state index in [-0.39, 0.29) is 18.2 Å². The number of aromatic nitrogens is 1. The first-order valence-corrected chi connectivity index (χ1v) is 13.5. The maximum Gasteiger partial charge on any atom is 0.222 e. The average Bonchev–Trinajstić information content (AvgIpc) is 3.45. The molecular weight excluding hydrogens is 496 g/mol. The number of hydrogen-bond acceptors (Lipinski definition) is 2. The minimum Gasteiger partial charge on any atom is -0.343 e. The fraction of sp³-hybridized carbons (Fsp3) is 0.483. The van der Waals surface area contributed by atoms with Crippen LogP contribution in [0.5, 0.6) is 0 Å². The molecule has 0 spiro atoms. The Bertz CT molecular complexity index is 1160. The van der Waals surface area contributed by atoms with Gasteiger partial charge in [-0.25, -0.2) is 4.39 Å². The Morgan fingerprint density at radius 1 is 0.917 bits per heavy atom. The van der Waals surface area contributed by atoms with Gasteiger partial charge in [0.1, 0.15) is 5.82 Å². The second-order valence-electron chi connectivity index (χ2n) is 10.1. The van der Waals surface area contributed by atoms with Crippen molar-refractivity contribution in [1.29, 1.82) is 0 Å². The van der Waals surface area contributed by atoms with Gasteiger partial charge in [0.25, 0.3) is 0 Å². The third-order valence-electron chi connectivity index (χ3n) is 7.75. The first kappa shape index (κ1) is 27.0. The molecule has 3 aromatic rings. The first-order chi connectivity index (χ1) is 17.1. The second kappa shape index (κ2) is 12.4. The van der Waals surface area contributed by atoms with Crippen molar-refractivity contribution in [3.63, 3.8) is 0 Å². The molecular formula is C29H36Cl2FN3O. The molecule has 194 valence electrons. The Morgan fingerprint density at radius 3 is 2.33 bits per heavy atom. The number of nitrogens with zero attached hydrogens (tertiary/aromatic N) is 3. The van der Waals surface area contributed by atoms with E-state index in [1.807, 2.05) is 23.1 Å². The highest BCUT2D eigenvalue weighted by atomic mass is 35.5. The van der Waals surface area contributed by atoms with Crippen molar-refractivity contribution < 1.29 is 9.18 Å². The van der Waals surface area contributed by atoms with Gasteiger partial charge in [0.2, 0.25) is 5.91 Å². The number of likely N-dealkylation sites (tertiary alicyclic amines) is 2. The van der Waals surface area contributed by atoms with E-state index in [0.717, 1.165) is 74.5 Å². The van der Waals surface area contributed by atoms with Gasteiger partial charge in [0.15, 0.2) is 0 Å². The zero-order valence-corrected chi connectivity index (χ0v) is 22.4. The molecule has 36 heavy (non-hydrogen) atoms. The summed E-state index contributed by atoms with van der Waals surface area (Å²) in [6.07, 6.45) is 11.1. The highest BCUT2D eigenvalue weighted by Crippen LogP contribution is 2.37. The number of amides is 1. The summed E-state index contributed by atoms with van der Waals surface area (Å²) in [5.41, 5.74) is 3.44. The summed E-state index contributed by atoms with van der Waals surface area (Å²) in [4.78, 5) is 16.3. The Morgan fingerprint density at radius 2 is 1.64 bits per heavy atom. The largest absolute Gasteiger partial charge is 0.343 e. The SMILES string of the molecule is Cl.O=C1CCCN1CCCCCCN1CCC(c2cn(-c3ccc(F)cc3)c3ccc(Cl)cc23)CC1. The van der Waals surface area contributed by atoms with Gasteiger partial charge < -0.3 is 14.4 Å². The highest BCUT2D eigenvalue weighted by Gasteiger charge is 2.24. The summed E-state index contributed by atoms with van der Waals surface area (Å²) in [6, 6.07) is 12.8. The van der Waals surface area contributed by atoms with Crippen LogP contribution in [0.3, 0.4) is 0 Å². The summed E-state index contributed by atoms with van der Waals surface area (Å²) in [7, 11) is 0. The van der Waals surface area contributed by atoms with E-state index >= 15 is 0 Å². The number of carbonyl (C=O) groups excluding carboxylic acids is 1. The van der Waals surface area contributed by atoms with Gasteiger partial charge >= 0.3 is 0 Å². The molecule has 0 radical (unpaired) electrons. The van der Waals surface area contributed by atoms with Crippen LogP contribution in [-0.2, 0) is 4.79 Å². The molecule has 2 aliphatic rings. The van der Waals surface area contributed by atoms with Crippen molar-refractivity contribution in [3.8, 4) is 5.69 Å². The molecule has 7 heteroatoms. The molecule has 0 N–H and O–H groups in total. The Labute approximate surface area is 224 Å². The lowest BCUT2D eigenvalue weighted by molar-refractivity contribution is -0.127. The molecule has 3 heterocycles. The summed E-state index contributed by atoms with van der Waals surface area (Å²) in [5, 5.41) is 1.96. The molecule has 0 aliphatic carbocycles. The lowest BCUT2D eigenvalue weighted by Gasteiger charge is -2.32. The number of piperidine rings is 1. The number of halogens is 3. The molecule has 2 aliphatic heterocycles. The maximum atomic E-state index is 13.5. The van der Waals surface area contributed by atoms with E-state index in [1.165, 1.54) is 48.9 Å². The summed E-state index contributed by atoms with van der Waals surface area (Å²) in [6.45, 7) is 5.31. The molecule has 2 fully saturated rings. The number of rotatable bonds is 9. The first-order valence-electron chi connectivity index (χ1n) is 13.1. The number of benzene rings is 2. The molecule has 0 saturated carbocycles. The molecule has 1 amide bonds. The number of unbranched alkanes of at least 4 members (excludes halogenated alkanes) is 3. The van der Waals surface area contributed by atoms with E-state index in [0.29, 0.717) is 11.8 Å². The van der Waals surface area contributed by atoms with E-state index in [4.69, 9.17) is 11.6 Å². The summed E-state index contributed by atoms with van der Waals surface area (Å²) < 4.78 is 15.7. The zero-order valence-electron chi connectivity index (χ0n) is 20.8. The molecule has 0 atom stereocenters. The minimum absolute atomic E-state index is 0. The monoisotopic (exact) mass is 531 g/mol. The van der Waals surface area contributed by atoms with Crippen LogP contribution in [0.4, 0.5) is 4.39 Å². The molecule has 4 nitrogen and oxygen atoms in total. The van der Waals surface area contributed by atoms with Crippen molar-refractivity contribution in [2.75, 3.05) is 32.7 Å². The fourth-order valence-corrected chi connectivity index (χ4v) is 5.94. The van der Waals surface area contributed by atoms with E-state index in [2.05, 4.69) is 27.8 Å². The highest BCUT2D eigenvalue weighted by molar-refractivity contribution is 6.31. The van der Waals surface area contributed by atoms with E-state index in [9.17, 15) is 9.18 Å². The fourth-order valence-electron chi connectivity index (χ4n) is 5.77. The second-order valence-corrected chi connectivity index (χ2v) is 10.5. The van der Waals surface area contributed by atoms with Crippen LogP contribution in [-0.4, -0.2) is 53.0 Å². The Balaban J connectivity index is 0.00000304. The minimum atomic E-state index is -0.220. The third-order valence-corrected chi connectivity index (χ3v) is 7.99. The van der Waals surface area contributed by atoms with Gasteiger partial charge in [-0.05, 0) is 106 Å². The van der Waals surface area contributed by atoms with Crippen molar-refractivity contribution >= 4 is 40.8 Å². The zero-order chi connectivity index (χ0) is 24.2. The Hall–Kier alpha value is -2.08. The van der Waals surface area contributed by atoms with Crippen LogP contribution in [0.1, 0.15) is 62.8 Å². The van der Waals surface area contributed by atoms with Crippen LogP contribution in [0, 0.1) is 5.82 Å². The topological polar surface area (TPSA) is 28.5 Å². The van der Waals surface area contributed by atoms with Gasteiger partial charge in [-0.3, -0.25) is 4.79 Å². The standard InChI is InChI=1S/C29H35ClFN3O.ClH/c30-23-7-12-28-26(20-23)27(21-34(28)25-10-8-24(31)9-11-25)22-13-18-32(19-14-22)15-3-1-2-4-16-33-17-5-6-29(33)35;/h7-12,20-22H,1-6,13-19H2;1H. The molecule has 5 rings (SSSR count). The quantitative estimate of drug-likeness (QED) is 0.273. The lowest BCUT2D eigenvalue weighted by atomic mass is 9.89. The van der Waals surface area contributed by atoms with Crippen molar-refractivity contribution in [3.05, 3.63) is 65.1 Å². The van der Waals surface area contributed by atoms with Crippen molar-refractivity contribution in [2.45, 2.75) is 57.3 Å². The van der Waals surface area contributed by atoms with Gasteiger partial charge in [-0.2, -0.15) is 0 Å². The average molecular weight is 533 g/mol. The van der Waals surface area contributed by atoms with Crippen LogP contribution < -0.4 is 0 Å². The maximum absolute atomic E-state index is 13.5. The van der Waals surface area contributed by atoms with E-state index < -0.39 is 0 Å². The normalized spacial score (nSPS) is 17.2. The van der Waals surface area contributed by atoms with Gasteiger partial charge in [-0.1, -0.05) is 24.4 Å². The van der Waals surface area contributed by atoms with Gasteiger partial charge in [-0.15, -0.1) is 12.4 Å². The van der Waals surface area contributed by atoms with Crippen LogP contribution in [0.2, 0.25) is 5.02 Å². The predicted molar refractivity (Wildman–Crippen MR) is 148 cm³/mol. The van der Waals surface area contributed by atoms with E-state index in [1.54, 1.807) is 0 Å². The number of carbonyl (C=O) groups is 1. The van der Waals surface area contributed by atoms with Gasteiger partial charge in [0, 0.05) is 41.8 Å². The third kappa shape index (κ3) is 6.24. The smallest absolute Gasteiger partial charge is 0.222 e. The number of fused-ring (bicyclic) bond motifs is 1. The van der Waals surface area contributed by atoms with Crippen LogP contribution in [0.15, 0.2) is 48.7 Å². The molecule has 0 bridgehead atoms. The van der Waals surface area contributed by atoms with Crippen LogP contribution >= 0.6 is 24.0 Å². The molecule has 1 aromatic heterocycles. The molecule has 2 aromatic carbocycles. The van der Waals surface area contributed by atoms with Crippen molar-refractivity contribution in [1.82, 2.24) is 14.4 Å². The van der Waals surface area contributed by atoms with Crippen LogP contribution in [0.25, 0.3) is 16.6 Å². The number of hydrogen-bond donors (Lipinski definition) is 0. The Kier molecular flexibility index (Phi) is 9.32. The lowest BCUT2D eigenvalue weighted by Crippen LogP contribution is -2.33. The predicted octanol–water partition coefficient (Wildman–Crippen LogP) is 7.21. The van der Waals surface area contributed by atoms with Crippen molar-refractivity contribution in [2.24, 2.45) is 0 Å². The van der Waals surface area contributed by atoms with Gasteiger partial charge in [0.05, 0.1) is 5.52 Å².